The first-order chi connectivity index (χ1) is 8.75. The summed E-state index contributed by atoms with van der Waals surface area (Å²) in [6.45, 7) is 0. The lowest BCUT2D eigenvalue weighted by molar-refractivity contribution is 0.680. The molecule has 1 fully saturated rings. The molecule has 0 spiro atoms. The summed E-state index contributed by atoms with van der Waals surface area (Å²) in [6.07, 6.45) is 6.83. The number of anilines is 1. The highest BCUT2D eigenvalue weighted by Crippen LogP contribution is 2.36. The molecule has 1 aromatic carbocycles. The van der Waals surface area contributed by atoms with Crippen LogP contribution in [0.15, 0.2) is 30.5 Å². The summed E-state index contributed by atoms with van der Waals surface area (Å²) in [5.74, 6) is 0.522. The molecule has 0 unspecified atom stereocenters. The molecule has 1 heterocycles. The summed E-state index contributed by atoms with van der Waals surface area (Å²) in [6, 6.07) is 7.68. The second kappa shape index (κ2) is 4.65. The zero-order valence-electron chi connectivity index (χ0n) is 10.1. The predicted octanol–water partition coefficient (Wildman–Crippen LogP) is 3.77. The van der Waals surface area contributed by atoms with Crippen molar-refractivity contribution in [2.45, 2.75) is 31.6 Å². The van der Waals surface area contributed by atoms with Crippen molar-refractivity contribution in [2.75, 3.05) is 5.73 Å². The van der Waals surface area contributed by atoms with Crippen LogP contribution in [0.3, 0.4) is 0 Å². The van der Waals surface area contributed by atoms with Gasteiger partial charge in [-0.15, -0.1) is 0 Å². The van der Waals surface area contributed by atoms with Crippen molar-refractivity contribution in [3.63, 3.8) is 0 Å². The Morgan fingerprint density at radius 3 is 2.67 bits per heavy atom. The zero-order valence-corrected chi connectivity index (χ0v) is 10.9. The number of nitrogens with zero attached hydrogens (tertiary/aromatic N) is 2. The smallest absolute Gasteiger partial charge is 0.0889 e. The van der Waals surface area contributed by atoms with Gasteiger partial charge in [-0.25, -0.2) is 4.68 Å². The van der Waals surface area contributed by atoms with E-state index >= 15 is 0 Å². The molecule has 3 rings (SSSR count). The number of hydrogen-bond donors (Lipinski definition) is 1. The van der Waals surface area contributed by atoms with Crippen LogP contribution in [0, 0.1) is 0 Å². The Kier molecular flexibility index (Phi) is 3.00. The summed E-state index contributed by atoms with van der Waals surface area (Å²) in [7, 11) is 0. The fourth-order valence-corrected chi connectivity index (χ4v) is 2.90. The van der Waals surface area contributed by atoms with Crippen molar-refractivity contribution in [1.29, 1.82) is 0 Å². The van der Waals surface area contributed by atoms with Gasteiger partial charge in [-0.1, -0.05) is 36.6 Å². The number of halogens is 1. The summed E-state index contributed by atoms with van der Waals surface area (Å²) in [5.41, 5.74) is 8.78. The highest BCUT2D eigenvalue weighted by molar-refractivity contribution is 6.32. The fourth-order valence-electron chi connectivity index (χ4n) is 2.68. The molecule has 1 aromatic heterocycles. The monoisotopic (exact) mass is 261 g/mol. The van der Waals surface area contributed by atoms with Gasteiger partial charge >= 0.3 is 0 Å². The van der Waals surface area contributed by atoms with E-state index in [0.29, 0.717) is 10.9 Å². The first-order valence-electron chi connectivity index (χ1n) is 6.35. The Morgan fingerprint density at radius 1 is 1.22 bits per heavy atom. The van der Waals surface area contributed by atoms with E-state index in [9.17, 15) is 0 Å². The van der Waals surface area contributed by atoms with Crippen LogP contribution in [0.2, 0.25) is 5.02 Å². The largest absolute Gasteiger partial charge is 0.396 e. The predicted molar refractivity (Wildman–Crippen MR) is 74.2 cm³/mol. The van der Waals surface area contributed by atoms with Gasteiger partial charge in [0.1, 0.15) is 0 Å². The maximum absolute atomic E-state index is 6.18. The number of rotatable bonds is 2. The van der Waals surface area contributed by atoms with Crippen LogP contribution < -0.4 is 5.73 Å². The number of aromatic nitrogens is 2. The third-order valence-corrected chi connectivity index (χ3v) is 3.93. The molecule has 2 N–H and O–H groups in total. The second-order valence-corrected chi connectivity index (χ2v) is 5.25. The molecule has 0 atom stereocenters. The van der Waals surface area contributed by atoms with E-state index in [1.54, 1.807) is 4.68 Å². The van der Waals surface area contributed by atoms with E-state index in [0.717, 1.165) is 17.1 Å². The van der Waals surface area contributed by atoms with Gasteiger partial charge in [-0.3, -0.25) is 0 Å². The van der Waals surface area contributed by atoms with Gasteiger partial charge in [-0.05, 0) is 25.0 Å². The minimum Gasteiger partial charge on any atom is -0.396 e. The molecule has 0 saturated heterocycles. The lowest BCUT2D eigenvalue weighted by Crippen LogP contribution is -2.00. The van der Waals surface area contributed by atoms with Crippen LogP contribution in [-0.4, -0.2) is 9.78 Å². The molecular formula is C14H16ClN3. The van der Waals surface area contributed by atoms with Gasteiger partial charge < -0.3 is 5.73 Å². The molecule has 1 aliphatic rings. The SMILES string of the molecule is Nc1cn(-c2ccccc2Cl)nc1C1CCCC1. The number of para-hydroxylation sites is 1. The van der Waals surface area contributed by atoms with E-state index in [1.165, 1.54) is 25.7 Å². The summed E-state index contributed by atoms with van der Waals surface area (Å²) < 4.78 is 1.80. The average Bonchev–Trinajstić information content (AvgIpc) is 2.98. The lowest BCUT2D eigenvalue weighted by Gasteiger charge is -2.06. The number of benzene rings is 1. The van der Waals surface area contributed by atoms with E-state index in [4.69, 9.17) is 17.3 Å². The van der Waals surface area contributed by atoms with Gasteiger partial charge in [0.25, 0.3) is 0 Å². The van der Waals surface area contributed by atoms with Crippen LogP contribution in [0.4, 0.5) is 5.69 Å². The molecule has 1 aliphatic carbocycles. The normalized spacial score (nSPS) is 16.3. The van der Waals surface area contributed by atoms with Crippen molar-refractivity contribution in [3.05, 3.63) is 41.2 Å². The Balaban J connectivity index is 1.99. The molecule has 94 valence electrons. The van der Waals surface area contributed by atoms with Gasteiger partial charge in [0.05, 0.1) is 28.3 Å². The van der Waals surface area contributed by atoms with Crippen molar-refractivity contribution in [3.8, 4) is 5.69 Å². The summed E-state index contributed by atoms with van der Waals surface area (Å²) >= 11 is 6.18. The zero-order chi connectivity index (χ0) is 12.5. The summed E-state index contributed by atoms with van der Waals surface area (Å²) in [5, 5.41) is 5.32. The first-order valence-corrected chi connectivity index (χ1v) is 6.73. The van der Waals surface area contributed by atoms with Crippen LogP contribution in [-0.2, 0) is 0 Å². The Morgan fingerprint density at radius 2 is 1.94 bits per heavy atom. The fraction of sp³-hybridized carbons (Fsp3) is 0.357. The molecule has 0 amide bonds. The van der Waals surface area contributed by atoms with E-state index in [1.807, 2.05) is 30.5 Å². The highest BCUT2D eigenvalue weighted by atomic mass is 35.5. The van der Waals surface area contributed by atoms with Crippen molar-refractivity contribution >= 4 is 17.3 Å². The van der Waals surface area contributed by atoms with Crippen LogP contribution >= 0.6 is 11.6 Å². The van der Waals surface area contributed by atoms with Gasteiger partial charge in [-0.2, -0.15) is 5.10 Å². The Hall–Kier alpha value is -1.48. The average molecular weight is 262 g/mol. The minimum absolute atomic E-state index is 0.522. The molecule has 0 radical (unpaired) electrons. The van der Waals surface area contributed by atoms with Gasteiger partial charge in [0.15, 0.2) is 0 Å². The molecule has 0 bridgehead atoms. The molecule has 3 nitrogen and oxygen atoms in total. The van der Waals surface area contributed by atoms with Crippen LogP contribution in [0.5, 0.6) is 0 Å². The maximum Gasteiger partial charge on any atom is 0.0889 e. The van der Waals surface area contributed by atoms with Gasteiger partial charge in [0.2, 0.25) is 0 Å². The Labute approximate surface area is 112 Å². The van der Waals surface area contributed by atoms with Crippen molar-refractivity contribution in [2.24, 2.45) is 0 Å². The van der Waals surface area contributed by atoms with E-state index < -0.39 is 0 Å². The van der Waals surface area contributed by atoms with E-state index in [-0.39, 0.29) is 0 Å². The minimum atomic E-state index is 0.522. The van der Waals surface area contributed by atoms with Gasteiger partial charge in [0, 0.05) is 5.92 Å². The highest BCUT2D eigenvalue weighted by Gasteiger charge is 2.22. The van der Waals surface area contributed by atoms with Crippen molar-refractivity contribution in [1.82, 2.24) is 9.78 Å². The van der Waals surface area contributed by atoms with E-state index in [2.05, 4.69) is 5.10 Å². The lowest BCUT2D eigenvalue weighted by atomic mass is 10.0. The standard InChI is InChI=1S/C14H16ClN3/c15-11-7-3-4-8-13(11)18-9-12(16)14(17-18)10-5-1-2-6-10/h3-4,7-10H,1-2,5-6,16H2. The number of hydrogen-bond acceptors (Lipinski definition) is 2. The maximum atomic E-state index is 6.18. The molecule has 4 heteroatoms. The van der Waals surface area contributed by atoms with Crippen LogP contribution in [0.25, 0.3) is 5.69 Å². The van der Waals surface area contributed by atoms with Crippen LogP contribution in [0.1, 0.15) is 37.3 Å². The molecule has 18 heavy (non-hydrogen) atoms. The molecule has 1 saturated carbocycles. The number of nitrogens with two attached hydrogens (primary N) is 1. The topological polar surface area (TPSA) is 43.8 Å². The number of nitrogen functional groups attached to an aromatic ring is 1. The third-order valence-electron chi connectivity index (χ3n) is 3.61. The second-order valence-electron chi connectivity index (χ2n) is 4.85. The quantitative estimate of drug-likeness (QED) is 0.894. The first kappa shape index (κ1) is 11.6. The Bertz CT molecular complexity index is 556. The molecule has 2 aromatic rings. The summed E-state index contributed by atoms with van der Waals surface area (Å²) in [4.78, 5) is 0. The van der Waals surface area contributed by atoms with Crippen molar-refractivity contribution < 1.29 is 0 Å². The molecule has 0 aliphatic heterocycles. The third kappa shape index (κ3) is 1.99. The molecular weight excluding hydrogens is 246 g/mol.